The number of rotatable bonds is 24. The summed E-state index contributed by atoms with van der Waals surface area (Å²) in [7, 11) is 1.41. The molecule has 0 aromatic heterocycles. The fraction of sp³-hybridized carbons (Fsp3) is 0.733. The van der Waals surface area contributed by atoms with Gasteiger partial charge in [-0.15, -0.1) is 0 Å². The number of nitrogens with zero attached hydrogens (tertiary/aromatic N) is 1. The number of esters is 2. The van der Waals surface area contributed by atoms with Crippen molar-refractivity contribution in [3.8, 4) is 0 Å². The number of carbonyl (C=O) groups excluding carboxylic acids is 2. The lowest BCUT2D eigenvalue weighted by Gasteiger charge is -2.24. The first-order chi connectivity index (χ1) is 19.4. The maximum atomic E-state index is 12.3. The number of unbranched alkanes of at least 4 members (excludes halogenated alkanes) is 3. The molecule has 0 aliphatic carbocycles. The largest absolute Gasteiger partial charge is 0.472 e. The minimum atomic E-state index is -4.35. The van der Waals surface area contributed by atoms with Crippen LogP contribution in [0.5, 0.6) is 0 Å². The number of hydrogen-bond acceptors (Lipinski definition) is 8. The van der Waals surface area contributed by atoms with Crippen LogP contribution < -0.4 is 0 Å². The summed E-state index contributed by atoms with van der Waals surface area (Å²) in [6.45, 7) is 3.22. The Kier molecular flexibility index (Phi) is 19.0. The molecular weight excluding hydrogens is 549 g/mol. The normalized spacial score (nSPS) is 19.6. The summed E-state index contributed by atoms with van der Waals surface area (Å²) < 4.78 is 38.6. The van der Waals surface area contributed by atoms with Crippen molar-refractivity contribution in [1.82, 2.24) is 0 Å². The van der Waals surface area contributed by atoms with Gasteiger partial charge >= 0.3 is 19.8 Å². The molecular formula is C30H53NO9P+. The number of carbonyl (C=O) groups is 2. The van der Waals surface area contributed by atoms with Crippen molar-refractivity contribution in [2.24, 2.45) is 0 Å². The quantitative estimate of drug-likeness (QED) is 0.0373. The molecule has 0 saturated carbocycles. The van der Waals surface area contributed by atoms with Gasteiger partial charge in [0.15, 0.2) is 6.10 Å². The van der Waals surface area contributed by atoms with E-state index in [4.69, 9.17) is 23.3 Å². The van der Waals surface area contributed by atoms with E-state index in [2.05, 4.69) is 43.4 Å². The van der Waals surface area contributed by atoms with E-state index < -0.39 is 32.5 Å². The Hall–Kier alpha value is -1.81. The molecule has 1 aliphatic rings. The van der Waals surface area contributed by atoms with Gasteiger partial charge in [0, 0.05) is 13.3 Å². The van der Waals surface area contributed by atoms with Gasteiger partial charge in [0.2, 0.25) is 0 Å². The van der Waals surface area contributed by atoms with Crippen LogP contribution in [0.4, 0.5) is 0 Å². The van der Waals surface area contributed by atoms with Crippen LogP contribution in [0.2, 0.25) is 0 Å². The van der Waals surface area contributed by atoms with Gasteiger partial charge in [-0.25, -0.2) is 4.57 Å². The number of ether oxygens (including phenoxy) is 3. The lowest BCUT2D eigenvalue weighted by Crippen LogP contribution is -2.37. The topological polar surface area (TPSA) is 121 Å². The maximum Gasteiger partial charge on any atom is 0.472 e. The molecule has 3 unspecified atom stereocenters. The average Bonchev–Trinajstić information content (AvgIpc) is 3.63. The van der Waals surface area contributed by atoms with Gasteiger partial charge < -0.3 is 23.6 Å². The van der Waals surface area contributed by atoms with E-state index in [-0.39, 0.29) is 31.8 Å². The Balaban J connectivity index is 2.24. The number of phosphoric ester groups is 1. The van der Waals surface area contributed by atoms with Crippen molar-refractivity contribution in [3.63, 3.8) is 0 Å². The predicted octanol–water partition coefficient (Wildman–Crippen LogP) is 5.66. The van der Waals surface area contributed by atoms with Crippen molar-refractivity contribution in [2.45, 2.75) is 96.4 Å². The fourth-order valence-corrected chi connectivity index (χ4v) is 4.45. The minimum Gasteiger partial charge on any atom is -0.462 e. The Morgan fingerprint density at radius 2 is 1.63 bits per heavy atom. The van der Waals surface area contributed by atoms with Crippen molar-refractivity contribution in [2.75, 3.05) is 47.5 Å². The van der Waals surface area contributed by atoms with Gasteiger partial charge in [0.1, 0.15) is 19.8 Å². The molecule has 41 heavy (non-hydrogen) atoms. The molecule has 0 radical (unpaired) electrons. The first-order valence-electron chi connectivity index (χ1n) is 14.8. The Bertz CT molecular complexity index is 882. The van der Waals surface area contributed by atoms with Crippen LogP contribution in [0, 0.1) is 0 Å². The van der Waals surface area contributed by atoms with Crippen molar-refractivity contribution in [3.05, 3.63) is 36.5 Å². The van der Waals surface area contributed by atoms with Gasteiger partial charge in [0.25, 0.3) is 0 Å². The maximum absolute atomic E-state index is 12.3. The number of phosphoric acid groups is 1. The molecule has 0 amide bonds. The molecule has 0 aromatic carbocycles. The lowest BCUT2D eigenvalue weighted by molar-refractivity contribution is -0.870. The van der Waals surface area contributed by atoms with Crippen molar-refractivity contribution >= 4 is 19.8 Å². The molecule has 10 nitrogen and oxygen atoms in total. The van der Waals surface area contributed by atoms with Gasteiger partial charge in [-0.2, -0.15) is 0 Å². The van der Waals surface area contributed by atoms with E-state index in [1.807, 2.05) is 21.1 Å². The average molecular weight is 603 g/mol. The zero-order valence-corrected chi connectivity index (χ0v) is 26.6. The number of quaternary nitrogens is 1. The molecule has 1 fully saturated rings. The Labute approximate surface area is 246 Å². The van der Waals surface area contributed by atoms with E-state index in [0.717, 1.165) is 25.7 Å². The number of allylic oxidation sites excluding steroid dienone is 5. The third kappa shape index (κ3) is 22.5. The number of hydrogen-bond donors (Lipinski definition) is 1. The van der Waals surface area contributed by atoms with Crippen LogP contribution in [-0.2, 0) is 37.4 Å². The second-order valence-electron chi connectivity index (χ2n) is 11.2. The highest BCUT2D eigenvalue weighted by atomic mass is 31.2. The monoisotopic (exact) mass is 602 g/mol. The summed E-state index contributed by atoms with van der Waals surface area (Å²) in [5.74, 6) is -1.08. The second-order valence-corrected chi connectivity index (χ2v) is 12.7. The molecule has 1 rings (SSSR count). The van der Waals surface area contributed by atoms with Crippen LogP contribution in [0.15, 0.2) is 36.5 Å². The Morgan fingerprint density at radius 3 is 2.29 bits per heavy atom. The van der Waals surface area contributed by atoms with E-state index in [9.17, 15) is 19.0 Å². The molecule has 0 bridgehead atoms. The standard InChI is InChI=1S/C30H52NO9P/c1-6-7-8-9-10-11-12-13-14-15-16-17-19-28-29(40-28)20-18-21-30(33)39-27(24-36-26(2)32)25-38-41(34,35)37-23-22-31(3,4)5/h10-11,13-14,16-17,27-29H,6-9,12,15,18-25H2,1-5H3/p+1/b11-10-,14-13-,17-16-/t27-,28?,29?/m1/s1. The van der Waals surface area contributed by atoms with Crippen molar-refractivity contribution < 1.29 is 46.8 Å². The molecule has 236 valence electrons. The first kappa shape index (κ1) is 37.2. The van der Waals surface area contributed by atoms with Gasteiger partial charge in [-0.05, 0) is 44.9 Å². The molecule has 11 heteroatoms. The molecule has 1 heterocycles. The molecule has 0 spiro atoms. The van der Waals surface area contributed by atoms with Gasteiger partial charge in [0.05, 0.1) is 40.0 Å². The van der Waals surface area contributed by atoms with Gasteiger partial charge in [-0.1, -0.05) is 56.2 Å². The van der Waals surface area contributed by atoms with Crippen LogP contribution >= 0.6 is 7.82 Å². The first-order valence-corrected chi connectivity index (χ1v) is 16.3. The summed E-state index contributed by atoms with van der Waals surface area (Å²) >= 11 is 0. The smallest absolute Gasteiger partial charge is 0.462 e. The van der Waals surface area contributed by atoms with Crippen LogP contribution in [-0.4, -0.2) is 87.1 Å². The van der Waals surface area contributed by atoms with Crippen LogP contribution in [0.1, 0.15) is 78.1 Å². The summed E-state index contributed by atoms with van der Waals surface area (Å²) in [5, 5.41) is 0. The van der Waals surface area contributed by atoms with E-state index >= 15 is 0 Å². The highest BCUT2D eigenvalue weighted by Gasteiger charge is 2.36. The summed E-state index contributed by atoms with van der Waals surface area (Å²) in [4.78, 5) is 33.4. The summed E-state index contributed by atoms with van der Waals surface area (Å²) in [5.41, 5.74) is 0. The van der Waals surface area contributed by atoms with E-state index in [1.165, 1.54) is 32.6 Å². The highest BCUT2D eigenvalue weighted by molar-refractivity contribution is 7.47. The number of likely N-dealkylation sites (N-methyl/N-ethyl adjacent to an activating group) is 1. The lowest BCUT2D eigenvalue weighted by atomic mass is 10.1. The summed E-state index contributed by atoms with van der Waals surface area (Å²) in [6.07, 6.45) is 21.6. The highest BCUT2D eigenvalue weighted by Crippen LogP contribution is 2.43. The summed E-state index contributed by atoms with van der Waals surface area (Å²) in [6, 6.07) is 0. The Morgan fingerprint density at radius 1 is 0.951 bits per heavy atom. The fourth-order valence-electron chi connectivity index (χ4n) is 3.71. The van der Waals surface area contributed by atoms with Gasteiger partial charge in [-0.3, -0.25) is 18.6 Å². The number of epoxide rings is 1. The SMILES string of the molecule is CCCCC/C=C\C/C=C\C/C=C\CC1OC1CCCC(=O)O[C@H](COC(C)=O)COP(=O)(O)OCC[N+](C)(C)C. The van der Waals surface area contributed by atoms with Crippen LogP contribution in [0.3, 0.4) is 0 Å². The molecule has 0 aromatic rings. The zero-order chi connectivity index (χ0) is 30.6. The third-order valence-electron chi connectivity index (χ3n) is 6.15. The third-order valence-corrected chi connectivity index (χ3v) is 7.14. The van der Waals surface area contributed by atoms with E-state index in [0.29, 0.717) is 17.4 Å². The molecule has 1 saturated heterocycles. The molecule has 1 N–H and O–H groups in total. The molecule has 1 aliphatic heterocycles. The predicted molar refractivity (Wildman–Crippen MR) is 159 cm³/mol. The second kappa shape index (κ2) is 21.0. The van der Waals surface area contributed by atoms with Crippen molar-refractivity contribution in [1.29, 1.82) is 0 Å². The molecule has 4 atom stereocenters. The minimum absolute atomic E-state index is 0.0138. The van der Waals surface area contributed by atoms with E-state index in [1.54, 1.807) is 0 Å². The van der Waals surface area contributed by atoms with Crippen LogP contribution in [0.25, 0.3) is 0 Å². The zero-order valence-electron chi connectivity index (χ0n) is 25.7.